The summed E-state index contributed by atoms with van der Waals surface area (Å²) >= 11 is 0. The van der Waals surface area contributed by atoms with E-state index in [1.807, 2.05) is 0 Å². The normalized spacial score (nSPS) is 13.2. The van der Waals surface area contributed by atoms with Crippen LogP contribution in [0.2, 0.25) is 0 Å². The van der Waals surface area contributed by atoms with Gasteiger partial charge in [-0.2, -0.15) is 30.7 Å². The van der Waals surface area contributed by atoms with E-state index in [9.17, 15) is 49.1 Å². The van der Waals surface area contributed by atoms with Crippen LogP contribution < -0.4 is 21.3 Å². The molecule has 1 unspecified atom stereocenters. The molecule has 4 aromatic carbocycles. The number of ether oxygens (including phenoxy) is 1. The van der Waals surface area contributed by atoms with E-state index >= 15 is 4.39 Å². The maximum Gasteiger partial charge on any atom is 0.461 e. The van der Waals surface area contributed by atoms with Crippen molar-refractivity contribution in [2.75, 3.05) is 0 Å². The minimum atomic E-state index is -5.24. The number of hydrogen-bond donors (Lipinski definition) is 3. The van der Waals surface area contributed by atoms with Crippen LogP contribution in [0.3, 0.4) is 0 Å². The van der Waals surface area contributed by atoms with Gasteiger partial charge in [-0.3, -0.25) is 15.0 Å². The Morgan fingerprint density at radius 1 is 0.766 bits per heavy atom. The molecule has 1 atom stereocenters. The lowest BCUT2D eigenvalue weighted by molar-refractivity contribution is -0.253. The van der Waals surface area contributed by atoms with Crippen LogP contribution in [-0.2, 0) is 18.1 Å². The van der Waals surface area contributed by atoms with E-state index < -0.39 is 87.9 Å². The minimum Gasteiger partial charge on any atom is -0.428 e. The van der Waals surface area contributed by atoms with Crippen LogP contribution in [0.5, 0.6) is 5.75 Å². The SMILES string of the molecule is NNC(=O)c1cc(C(Cc2ccccc2)(NC(=O)c2ccc(F)c(C(F)(F)F)c2)c2cc(F)cc(OC(F)(F)C(F)F)c2)ccc1F. The van der Waals surface area contributed by atoms with E-state index in [-0.39, 0.29) is 11.6 Å². The molecule has 6 nitrogen and oxygen atoms in total. The summed E-state index contributed by atoms with van der Waals surface area (Å²) in [6.45, 7) is 0. The highest BCUT2D eigenvalue weighted by atomic mass is 19.4. The van der Waals surface area contributed by atoms with Crippen molar-refractivity contribution in [3.63, 3.8) is 0 Å². The molecule has 0 fully saturated rings. The van der Waals surface area contributed by atoms with Crippen molar-refractivity contribution in [3.8, 4) is 5.75 Å². The number of nitrogens with one attached hydrogen (secondary N) is 2. The first-order valence-corrected chi connectivity index (χ1v) is 13.2. The summed E-state index contributed by atoms with van der Waals surface area (Å²) < 4.78 is 142. The van der Waals surface area contributed by atoms with Crippen LogP contribution >= 0.6 is 0 Å². The Kier molecular flexibility index (Phi) is 9.84. The molecule has 2 amide bonds. The third-order valence-electron chi connectivity index (χ3n) is 6.88. The number of benzene rings is 4. The van der Waals surface area contributed by atoms with Crippen molar-refractivity contribution in [3.05, 3.63) is 136 Å². The van der Waals surface area contributed by atoms with Crippen molar-refractivity contribution < 1.29 is 58.2 Å². The first-order valence-electron chi connectivity index (χ1n) is 13.2. The highest BCUT2D eigenvalue weighted by molar-refractivity contribution is 5.96. The van der Waals surface area contributed by atoms with Gasteiger partial charge in [0.2, 0.25) is 0 Å². The van der Waals surface area contributed by atoms with Crippen molar-refractivity contribution in [2.24, 2.45) is 5.84 Å². The number of carbonyl (C=O) groups excluding carboxylic acids is 2. The second-order valence-electron chi connectivity index (χ2n) is 10.0. The number of nitrogen functional groups attached to an aromatic ring is 1. The molecule has 0 radical (unpaired) electrons. The Morgan fingerprint density at radius 3 is 2.04 bits per heavy atom. The number of nitrogens with two attached hydrogens (primary N) is 1. The van der Waals surface area contributed by atoms with Crippen LogP contribution in [0.4, 0.5) is 43.9 Å². The molecule has 0 aliphatic heterocycles. The topological polar surface area (TPSA) is 93.5 Å². The summed E-state index contributed by atoms with van der Waals surface area (Å²) in [6, 6.07) is 12.9. The molecule has 0 saturated carbocycles. The van der Waals surface area contributed by atoms with Crippen molar-refractivity contribution >= 4 is 11.8 Å². The molecule has 0 heterocycles. The van der Waals surface area contributed by atoms with Crippen LogP contribution in [-0.4, -0.2) is 24.3 Å². The molecule has 47 heavy (non-hydrogen) atoms. The number of rotatable bonds is 10. The molecule has 0 bridgehead atoms. The average Bonchev–Trinajstić information content (AvgIpc) is 3.00. The second kappa shape index (κ2) is 13.3. The van der Waals surface area contributed by atoms with Gasteiger partial charge in [-0.1, -0.05) is 36.4 Å². The Balaban J connectivity index is 2.04. The molecule has 4 N–H and O–H groups in total. The minimum absolute atomic E-state index is 0.180. The van der Waals surface area contributed by atoms with Gasteiger partial charge in [-0.25, -0.2) is 19.0 Å². The predicted molar refractivity (Wildman–Crippen MR) is 146 cm³/mol. The van der Waals surface area contributed by atoms with Crippen molar-refractivity contribution in [1.82, 2.24) is 10.7 Å². The van der Waals surface area contributed by atoms with E-state index in [0.29, 0.717) is 35.9 Å². The fourth-order valence-corrected chi connectivity index (χ4v) is 4.72. The maximum absolute atomic E-state index is 15.1. The molecule has 4 rings (SSSR count). The fraction of sp³-hybridized carbons (Fsp3) is 0.161. The first kappa shape index (κ1) is 34.7. The molecule has 0 aliphatic rings. The lowest BCUT2D eigenvalue weighted by atomic mass is 9.77. The highest BCUT2D eigenvalue weighted by Crippen LogP contribution is 2.39. The highest BCUT2D eigenvalue weighted by Gasteiger charge is 2.45. The zero-order chi connectivity index (χ0) is 34.7. The van der Waals surface area contributed by atoms with E-state index in [2.05, 4.69) is 10.1 Å². The molecule has 16 heteroatoms. The molecular formula is C31H21F10N3O3. The van der Waals surface area contributed by atoms with E-state index in [4.69, 9.17) is 5.84 Å². The Bertz CT molecular complexity index is 1780. The number of alkyl halides is 7. The van der Waals surface area contributed by atoms with Crippen LogP contribution in [0.1, 0.15) is 43.0 Å². The summed E-state index contributed by atoms with van der Waals surface area (Å²) in [6.07, 6.45) is -15.2. The van der Waals surface area contributed by atoms with Gasteiger partial charge < -0.3 is 10.1 Å². The quantitative estimate of drug-likeness (QED) is 0.0741. The molecular weight excluding hydrogens is 652 g/mol. The molecule has 4 aromatic rings. The van der Waals surface area contributed by atoms with E-state index in [1.165, 1.54) is 24.3 Å². The summed E-state index contributed by atoms with van der Waals surface area (Å²) in [5.74, 6) is -2.81. The zero-order valence-electron chi connectivity index (χ0n) is 23.4. The van der Waals surface area contributed by atoms with Crippen molar-refractivity contribution in [1.29, 1.82) is 0 Å². The predicted octanol–water partition coefficient (Wildman–Crippen LogP) is 6.88. The molecule has 248 valence electrons. The Hall–Kier alpha value is -5.12. The van der Waals surface area contributed by atoms with Gasteiger partial charge in [0.1, 0.15) is 23.2 Å². The van der Waals surface area contributed by atoms with Gasteiger partial charge in [0.15, 0.2) is 0 Å². The number of halogens is 10. The Morgan fingerprint density at radius 2 is 1.43 bits per heavy atom. The summed E-state index contributed by atoms with van der Waals surface area (Å²) in [4.78, 5) is 26.1. The molecule has 0 aromatic heterocycles. The monoisotopic (exact) mass is 673 g/mol. The van der Waals surface area contributed by atoms with Gasteiger partial charge in [-0.05, 0) is 59.2 Å². The molecule has 0 saturated heterocycles. The number of hydrogen-bond acceptors (Lipinski definition) is 4. The van der Waals surface area contributed by atoms with Gasteiger partial charge in [0.25, 0.3) is 11.8 Å². The van der Waals surface area contributed by atoms with Crippen LogP contribution in [0.25, 0.3) is 0 Å². The lowest BCUT2D eigenvalue weighted by Crippen LogP contribution is -2.49. The summed E-state index contributed by atoms with van der Waals surface area (Å²) in [5.41, 5.74) is -4.49. The lowest BCUT2D eigenvalue weighted by Gasteiger charge is -2.37. The van der Waals surface area contributed by atoms with Gasteiger partial charge in [0, 0.05) is 18.1 Å². The van der Waals surface area contributed by atoms with E-state index in [1.54, 1.807) is 11.5 Å². The van der Waals surface area contributed by atoms with Gasteiger partial charge >= 0.3 is 18.7 Å². The average molecular weight is 674 g/mol. The van der Waals surface area contributed by atoms with Gasteiger partial charge in [0.05, 0.1) is 16.7 Å². The van der Waals surface area contributed by atoms with Crippen LogP contribution in [0, 0.1) is 17.5 Å². The smallest absolute Gasteiger partial charge is 0.428 e. The number of hydrazine groups is 1. The summed E-state index contributed by atoms with van der Waals surface area (Å²) in [7, 11) is 0. The number of carbonyl (C=O) groups is 2. The third kappa shape index (κ3) is 7.65. The molecule has 0 aliphatic carbocycles. The van der Waals surface area contributed by atoms with Crippen LogP contribution in [0.15, 0.2) is 84.9 Å². The van der Waals surface area contributed by atoms with Gasteiger partial charge in [-0.15, -0.1) is 0 Å². The van der Waals surface area contributed by atoms with E-state index in [0.717, 1.165) is 18.2 Å². The Labute approximate surface area is 259 Å². The fourth-order valence-electron chi connectivity index (χ4n) is 4.72. The molecule has 0 spiro atoms. The zero-order valence-corrected chi connectivity index (χ0v) is 23.4. The van der Waals surface area contributed by atoms with Crippen molar-refractivity contribution in [2.45, 2.75) is 30.7 Å². The number of amides is 2. The standard InChI is InChI=1S/C31H21F10N3O3/c32-20-11-19(12-21(14-20)47-31(40,41)28(35)36)29(15-16-4-2-1-3-5-16,18-7-9-24(33)22(13-18)27(46)44-42)43-26(45)17-6-8-25(34)23(10-17)30(37,38)39/h1-14,28H,15,42H2,(H,43,45)(H,44,46). The first-order chi connectivity index (χ1) is 22.0. The third-order valence-corrected chi connectivity index (χ3v) is 6.88. The second-order valence-corrected chi connectivity index (χ2v) is 10.0. The maximum atomic E-state index is 15.1. The summed E-state index contributed by atoms with van der Waals surface area (Å²) in [5, 5.41) is 2.40. The largest absolute Gasteiger partial charge is 0.461 e.